The van der Waals surface area contributed by atoms with E-state index in [1.807, 2.05) is 12.1 Å². The van der Waals surface area contributed by atoms with Gasteiger partial charge in [0.25, 0.3) is 5.91 Å². The Morgan fingerprint density at radius 1 is 1.48 bits per heavy atom. The van der Waals surface area contributed by atoms with Gasteiger partial charge in [0, 0.05) is 19.8 Å². The van der Waals surface area contributed by atoms with Crippen LogP contribution in [0.25, 0.3) is 0 Å². The second kappa shape index (κ2) is 5.53. The third-order valence-corrected chi connectivity index (χ3v) is 3.43. The van der Waals surface area contributed by atoms with Crippen molar-refractivity contribution in [3.05, 3.63) is 41.9 Å². The maximum absolute atomic E-state index is 12.4. The Hall–Kier alpha value is -2.41. The van der Waals surface area contributed by atoms with Crippen LogP contribution in [0.1, 0.15) is 22.2 Å². The molecule has 0 bridgehead atoms. The van der Waals surface area contributed by atoms with Gasteiger partial charge in [-0.3, -0.25) is 9.48 Å². The number of carbonyl (C=O) groups excluding carboxylic acids is 1. The van der Waals surface area contributed by atoms with Crippen LogP contribution in [-0.4, -0.2) is 45.3 Å². The highest BCUT2D eigenvalue weighted by Crippen LogP contribution is 2.22. The van der Waals surface area contributed by atoms with Crippen LogP contribution in [0.3, 0.4) is 0 Å². The van der Waals surface area contributed by atoms with E-state index in [2.05, 4.69) is 10.1 Å². The van der Waals surface area contributed by atoms with Crippen molar-refractivity contribution >= 4 is 11.7 Å². The lowest BCUT2D eigenvalue weighted by molar-refractivity contribution is -0.0246. The number of hydrogen-bond acceptors (Lipinski definition) is 5. The van der Waals surface area contributed by atoms with E-state index in [1.54, 1.807) is 35.1 Å². The number of pyridine rings is 1. The minimum Gasteiger partial charge on any atom is -0.384 e. The number of carbonyl (C=O) groups is 1. The van der Waals surface area contributed by atoms with Crippen molar-refractivity contribution in [2.24, 2.45) is 7.05 Å². The minimum atomic E-state index is -0.247. The molecule has 2 aromatic heterocycles. The number of nitrogen functional groups attached to an aromatic ring is 1. The molecule has 0 spiro atoms. The Bertz CT molecular complexity index is 654. The van der Waals surface area contributed by atoms with E-state index in [9.17, 15) is 4.79 Å². The zero-order chi connectivity index (χ0) is 14.8. The predicted octanol–water partition coefficient (Wildman–Crippen LogP) is 0.611. The van der Waals surface area contributed by atoms with Gasteiger partial charge >= 0.3 is 0 Å². The van der Waals surface area contributed by atoms with E-state index in [1.165, 1.54) is 0 Å². The normalized spacial score (nSPS) is 18.7. The van der Waals surface area contributed by atoms with E-state index in [-0.39, 0.29) is 12.0 Å². The summed E-state index contributed by atoms with van der Waals surface area (Å²) < 4.78 is 7.32. The van der Waals surface area contributed by atoms with E-state index < -0.39 is 0 Å². The maximum Gasteiger partial charge on any atom is 0.257 e. The van der Waals surface area contributed by atoms with Crippen LogP contribution in [-0.2, 0) is 11.8 Å². The molecule has 7 nitrogen and oxygen atoms in total. The highest BCUT2D eigenvalue weighted by atomic mass is 16.5. The lowest BCUT2D eigenvalue weighted by atomic mass is 10.1. The van der Waals surface area contributed by atoms with Crippen LogP contribution in [0.5, 0.6) is 0 Å². The molecule has 2 N–H and O–H groups in total. The summed E-state index contributed by atoms with van der Waals surface area (Å²) in [6, 6.07) is 5.42. The van der Waals surface area contributed by atoms with Crippen molar-refractivity contribution in [3.63, 3.8) is 0 Å². The molecule has 110 valence electrons. The van der Waals surface area contributed by atoms with Gasteiger partial charge < -0.3 is 15.4 Å². The Morgan fingerprint density at radius 2 is 2.33 bits per heavy atom. The first-order chi connectivity index (χ1) is 10.1. The SMILES string of the molecule is Cn1cc(C(=O)N2CCO[C@@H](c3cccc(N)n3)C2)cn1. The molecule has 3 heterocycles. The molecule has 1 fully saturated rings. The Kier molecular flexibility index (Phi) is 3.57. The topological polar surface area (TPSA) is 86.3 Å². The third-order valence-electron chi connectivity index (χ3n) is 3.43. The summed E-state index contributed by atoms with van der Waals surface area (Å²) in [5.41, 5.74) is 7.03. The van der Waals surface area contributed by atoms with Crippen LogP contribution < -0.4 is 5.73 Å². The van der Waals surface area contributed by atoms with Gasteiger partial charge in [-0.1, -0.05) is 6.07 Å². The summed E-state index contributed by atoms with van der Waals surface area (Å²) in [6.07, 6.45) is 3.04. The molecule has 0 unspecified atom stereocenters. The summed E-state index contributed by atoms with van der Waals surface area (Å²) >= 11 is 0. The fourth-order valence-corrected chi connectivity index (χ4v) is 2.38. The Labute approximate surface area is 122 Å². The van der Waals surface area contributed by atoms with Gasteiger partial charge in [0.2, 0.25) is 0 Å². The monoisotopic (exact) mass is 287 g/mol. The number of amides is 1. The van der Waals surface area contributed by atoms with E-state index in [0.717, 1.165) is 5.69 Å². The number of ether oxygens (including phenoxy) is 1. The van der Waals surface area contributed by atoms with Crippen molar-refractivity contribution in [2.45, 2.75) is 6.10 Å². The van der Waals surface area contributed by atoms with E-state index in [4.69, 9.17) is 10.5 Å². The highest BCUT2D eigenvalue weighted by molar-refractivity contribution is 5.93. The van der Waals surface area contributed by atoms with Crippen molar-refractivity contribution in [2.75, 3.05) is 25.4 Å². The summed E-state index contributed by atoms with van der Waals surface area (Å²) in [6.45, 7) is 1.50. The van der Waals surface area contributed by atoms with Gasteiger partial charge in [0.1, 0.15) is 11.9 Å². The van der Waals surface area contributed by atoms with Crippen molar-refractivity contribution in [1.82, 2.24) is 19.7 Å². The number of rotatable bonds is 2. The second-order valence-corrected chi connectivity index (χ2v) is 5.00. The molecule has 0 aliphatic carbocycles. The number of anilines is 1. The third kappa shape index (κ3) is 2.87. The number of nitrogens with two attached hydrogens (primary N) is 1. The molecule has 1 aliphatic heterocycles. The number of aromatic nitrogens is 3. The zero-order valence-corrected chi connectivity index (χ0v) is 11.8. The summed E-state index contributed by atoms with van der Waals surface area (Å²) in [5.74, 6) is 0.409. The van der Waals surface area contributed by atoms with Crippen molar-refractivity contribution in [3.8, 4) is 0 Å². The van der Waals surface area contributed by atoms with Gasteiger partial charge in [0.15, 0.2) is 0 Å². The quantitative estimate of drug-likeness (QED) is 0.874. The van der Waals surface area contributed by atoms with Crippen LogP contribution >= 0.6 is 0 Å². The number of morpholine rings is 1. The fourth-order valence-electron chi connectivity index (χ4n) is 2.38. The van der Waals surface area contributed by atoms with E-state index in [0.29, 0.717) is 31.1 Å². The standard InChI is InChI=1S/C14H17N5O2/c1-18-8-10(7-16-18)14(20)19-5-6-21-12(9-19)11-3-2-4-13(15)17-11/h2-4,7-8,12H,5-6,9H2,1H3,(H2,15,17)/t12-/m1/s1. The summed E-state index contributed by atoms with van der Waals surface area (Å²) in [7, 11) is 1.79. The second-order valence-electron chi connectivity index (χ2n) is 5.00. The smallest absolute Gasteiger partial charge is 0.257 e. The average Bonchev–Trinajstić information content (AvgIpc) is 2.93. The van der Waals surface area contributed by atoms with Gasteiger partial charge in [-0.05, 0) is 12.1 Å². The molecule has 0 saturated carbocycles. The van der Waals surface area contributed by atoms with Crippen LogP contribution in [0.2, 0.25) is 0 Å². The number of nitrogens with zero attached hydrogens (tertiary/aromatic N) is 4. The number of hydrogen-bond donors (Lipinski definition) is 1. The lowest BCUT2D eigenvalue weighted by Gasteiger charge is -2.32. The molecule has 2 aromatic rings. The first-order valence-corrected chi connectivity index (χ1v) is 6.75. The van der Waals surface area contributed by atoms with Crippen molar-refractivity contribution in [1.29, 1.82) is 0 Å². The average molecular weight is 287 g/mol. The highest BCUT2D eigenvalue weighted by Gasteiger charge is 2.27. The molecule has 21 heavy (non-hydrogen) atoms. The molecule has 7 heteroatoms. The molecule has 1 aliphatic rings. The molecule has 1 amide bonds. The van der Waals surface area contributed by atoms with Crippen LogP contribution in [0.4, 0.5) is 5.82 Å². The predicted molar refractivity (Wildman–Crippen MR) is 76.5 cm³/mol. The molecular formula is C14H17N5O2. The van der Waals surface area contributed by atoms with Crippen LogP contribution in [0.15, 0.2) is 30.6 Å². The minimum absolute atomic E-state index is 0.0414. The van der Waals surface area contributed by atoms with Crippen molar-refractivity contribution < 1.29 is 9.53 Å². The summed E-state index contributed by atoms with van der Waals surface area (Å²) in [4.78, 5) is 18.5. The Morgan fingerprint density at radius 3 is 3.05 bits per heavy atom. The summed E-state index contributed by atoms with van der Waals surface area (Å²) in [5, 5.41) is 4.03. The fraction of sp³-hybridized carbons (Fsp3) is 0.357. The number of aryl methyl sites for hydroxylation is 1. The molecule has 0 radical (unpaired) electrons. The largest absolute Gasteiger partial charge is 0.384 e. The van der Waals surface area contributed by atoms with E-state index >= 15 is 0 Å². The molecule has 1 atom stereocenters. The van der Waals surface area contributed by atoms with Gasteiger partial charge in [-0.25, -0.2) is 4.98 Å². The van der Waals surface area contributed by atoms with Gasteiger partial charge in [-0.15, -0.1) is 0 Å². The first kappa shape index (κ1) is 13.6. The lowest BCUT2D eigenvalue weighted by Crippen LogP contribution is -2.42. The molecule has 1 saturated heterocycles. The van der Waals surface area contributed by atoms with Gasteiger partial charge in [0.05, 0.1) is 30.6 Å². The first-order valence-electron chi connectivity index (χ1n) is 6.75. The Balaban J connectivity index is 1.75. The molecule has 0 aromatic carbocycles. The molecular weight excluding hydrogens is 270 g/mol. The van der Waals surface area contributed by atoms with Gasteiger partial charge in [-0.2, -0.15) is 5.10 Å². The maximum atomic E-state index is 12.4. The van der Waals surface area contributed by atoms with Crippen LogP contribution in [0, 0.1) is 0 Å². The zero-order valence-electron chi connectivity index (χ0n) is 11.8. The molecule has 3 rings (SSSR count).